The Morgan fingerprint density at radius 2 is 1.38 bits per heavy atom. The van der Waals surface area contributed by atoms with Crippen molar-refractivity contribution < 1.29 is 28.9 Å². The number of rotatable bonds is 5. The Hall–Kier alpha value is -6.12. The van der Waals surface area contributed by atoms with Crippen LogP contribution < -0.4 is 4.40 Å². The Morgan fingerprint density at radius 1 is 0.667 bits per heavy atom. The van der Waals surface area contributed by atoms with E-state index in [2.05, 4.69) is 146 Å². The van der Waals surface area contributed by atoms with Crippen molar-refractivity contribution in [3.8, 4) is 39.6 Å². The maximum atomic E-state index is 6.60. The van der Waals surface area contributed by atoms with Crippen LogP contribution in [0.4, 0.5) is 0 Å². The Bertz CT molecular complexity index is 3430. The molecule has 1 radical (unpaired) electrons. The maximum absolute atomic E-state index is 6.60. The molecule has 0 N–H and O–H groups in total. The zero-order valence-electron chi connectivity index (χ0n) is 36.4. The minimum Gasteiger partial charge on any atom is 0 e. The molecular formula is C55H46GeIrN4O2-2. The minimum absolute atomic E-state index is 0. The summed E-state index contributed by atoms with van der Waals surface area (Å²) < 4.78 is 16.7. The maximum Gasteiger partial charge on any atom is 0 e. The zero-order chi connectivity index (χ0) is 42.8. The molecule has 0 bridgehead atoms. The fraction of sp³-hybridized carbons (Fsp3) is 0.145. The van der Waals surface area contributed by atoms with E-state index in [1.54, 1.807) is 0 Å². The van der Waals surface area contributed by atoms with E-state index < -0.39 is 13.3 Å². The number of benzene rings is 6. The summed E-state index contributed by atoms with van der Waals surface area (Å²) >= 11 is -1.72. The van der Waals surface area contributed by atoms with Gasteiger partial charge >= 0.3 is 99.8 Å². The van der Waals surface area contributed by atoms with Gasteiger partial charge in [0.25, 0.3) is 0 Å². The largest absolute Gasteiger partial charge is 0 e. The van der Waals surface area contributed by atoms with Crippen molar-refractivity contribution in [2.45, 2.75) is 50.4 Å². The Balaban J connectivity index is 0.000000251. The van der Waals surface area contributed by atoms with Gasteiger partial charge in [-0.25, -0.2) is 4.98 Å². The van der Waals surface area contributed by atoms with Crippen LogP contribution in [0, 0.1) is 19.1 Å². The number of pyridine rings is 2. The molecule has 8 heteroatoms. The third-order valence-electron chi connectivity index (χ3n) is 11.7. The molecule has 6 nitrogen and oxygen atoms in total. The number of hydrogen-bond acceptors (Lipinski definition) is 5. The number of nitrogens with zero attached hydrogens (tertiary/aromatic N) is 4. The normalized spacial score (nSPS) is 11.9. The van der Waals surface area contributed by atoms with Crippen LogP contribution in [0.1, 0.15) is 31.9 Å². The molecule has 11 rings (SSSR count). The van der Waals surface area contributed by atoms with Gasteiger partial charge in [0.05, 0.1) is 28.1 Å². The fourth-order valence-electron chi connectivity index (χ4n) is 8.18. The van der Waals surface area contributed by atoms with Crippen LogP contribution >= 0.6 is 0 Å². The Labute approximate surface area is 383 Å². The molecule has 0 spiro atoms. The van der Waals surface area contributed by atoms with Gasteiger partial charge in [-0.1, -0.05) is 93.2 Å². The molecule has 0 aliphatic carbocycles. The smallest absolute Gasteiger partial charge is 0 e. The first-order chi connectivity index (χ1) is 29.9. The standard InChI is InChI=1S/C41H30N3O2.C14H16GeN.Ir/c1-24-14-17-31(38-37(24)30-20-21-32(43-40(30)46-38)25-10-6-5-7-11-25)39-42-33-12-8-9-13-34(33)44(39)27-16-19-29-28-18-15-26(41(2,3)4)22-35(28)45-36(29)23-27;1-15(2,3)13-9-10-14(16-11-13)12-7-5-4-6-8-12;/h5-16,18-23H,1-4H3;4-7,9-11H,1-3H3;/q2*-1;. The van der Waals surface area contributed by atoms with Crippen molar-refractivity contribution in [1.82, 2.24) is 19.5 Å². The summed E-state index contributed by atoms with van der Waals surface area (Å²) in [6.45, 7) is 8.76. The Kier molecular flexibility index (Phi) is 11.1. The van der Waals surface area contributed by atoms with E-state index in [0.717, 1.165) is 94.5 Å². The van der Waals surface area contributed by atoms with Gasteiger partial charge in [0.1, 0.15) is 11.2 Å². The zero-order valence-corrected chi connectivity index (χ0v) is 40.9. The van der Waals surface area contributed by atoms with E-state index in [-0.39, 0.29) is 25.5 Å². The first-order valence-corrected chi connectivity index (χ1v) is 28.4. The van der Waals surface area contributed by atoms with Gasteiger partial charge in [-0.3, -0.25) is 4.98 Å². The summed E-state index contributed by atoms with van der Waals surface area (Å²) in [6.07, 6.45) is 2.04. The number of imidazole rings is 1. The molecule has 0 amide bonds. The summed E-state index contributed by atoms with van der Waals surface area (Å²) in [4.78, 5) is 14.6. The van der Waals surface area contributed by atoms with Crippen molar-refractivity contribution in [1.29, 1.82) is 0 Å². The second-order valence-corrected chi connectivity index (χ2v) is 28.7. The van der Waals surface area contributed by atoms with Crippen LogP contribution in [-0.4, -0.2) is 32.8 Å². The predicted molar refractivity (Wildman–Crippen MR) is 258 cm³/mol. The predicted octanol–water partition coefficient (Wildman–Crippen LogP) is 14.1. The summed E-state index contributed by atoms with van der Waals surface area (Å²) in [5.74, 6) is 7.89. The first kappa shape index (κ1) is 42.2. The topological polar surface area (TPSA) is 69.9 Å². The average molecular weight is 1060 g/mol. The third-order valence-corrected chi connectivity index (χ3v) is 15.9. The number of para-hydroxylation sites is 2. The van der Waals surface area contributed by atoms with Crippen molar-refractivity contribution in [2.75, 3.05) is 0 Å². The molecule has 0 atom stereocenters. The van der Waals surface area contributed by atoms with E-state index in [4.69, 9.17) is 18.8 Å². The van der Waals surface area contributed by atoms with Crippen molar-refractivity contribution >= 4 is 72.7 Å². The van der Waals surface area contributed by atoms with Gasteiger partial charge in [-0.2, -0.15) is 0 Å². The van der Waals surface area contributed by atoms with Crippen LogP contribution in [0.25, 0.3) is 94.6 Å². The number of aromatic nitrogens is 4. The molecular weight excluding hydrogens is 1010 g/mol. The second kappa shape index (κ2) is 16.5. The van der Waals surface area contributed by atoms with Crippen LogP contribution in [0.2, 0.25) is 17.3 Å². The molecule has 0 fully saturated rings. The number of aryl methyl sites for hydroxylation is 1. The van der Waals surface area contributed by atoms with Gasteiger partial charge in [0, 0.05) is 53.6 Å². The van der Waals surface area contributed by atoms with Gasteiger partial charge in [-0.05, 0) is 53.4 Å². The molecule has 0 aliphatic rings. The molecule has 0 saturated heterocycles. The molecule has 313 valence electrons. The fourth-order valence-corrected chi connectivity index (χ4v) is 10.3. The van der Waals surface area contributed by atoms with E-state index >= 15 is 0 Å². The quantitative estimate of drug-likeness (QED) is 0.127. The molecule has 0 saturated carbocycles. The van der Waals surface area contributed by atoms with E-state index in [1.165, 1.54) is 9.96 Å². The van der Waals surface area contributed by atoms with E-state index in [9.17, 15) is 0 Å². The number of furan rings is 2. The number of hydrogen-bond donors (Lipinski definition) is 0. The Morgan fingerprint density at radius 3 is 2.11 bits per heavy atom. The van der Waals surface area contributed by atoms with Gasteiger partial charge < -0.3 is 13.4 Å². The second-order valence-electron chi connectivity index (χ2n) is 18.0. The summed E-state index contributed by atoms with van der Waals surface area (Å²) in [5.41, 5.74) is 13.0. The molecule has 0 aliphatic heterocycles. The van der Waals surface area contributed by atoms with Gasteiger partial charge in [0.2, 0.25) is 5.71 Å². The first-order valence-electron chi connectivity index (χ1n) is 21.1. The monoisotopic (exact) mass is 1060 g/mol. The molecule has 0 unspecified atom stereocenters. The summed E-state index contributed by atoms with van der Waals surface area (Å²) in [7, 11) is 0. The summed E-state index contributed by atoms with van der Waals surface area (Å²) in [5, 5.41) is 4.20. The molecule has 11 aromatic rings. The minimum atomic E-state index is -1.72. The van der Waals surface area contributed by atoms with Crippen LogP contribution in [-0.2, 0) is 25.5 Å². The van der Waals surface area contributed by atoms with Crippen molar-refractivity contribution in [3.63, 3.8) is 0 Å². The molecule has 6 aromatic carbocycles. The van der Waals surface area contributed by atoms with Gasteiger partial charge in [0.15, 0.2) is 0 Å². The SMILES string of the molecule is Cc1c[c-]c(-c2nc3ccccc3n2-c2ccc3c(c2)oc2cc(C(C)(C)C)ccc23)c2oc3nc(-c4ccccc4)ccc3c12.[CH3][Ge]([CH3])([CH3])[c]1ccc(-c2[c-]cccc2)nc1.[Ir]. The summed E-state index contributed by atoms with van der Waals surface area (Å²) in [6, 6.07) is 56.5. The third kappa shape index (κ3) is 7.95. The van der Waals surface area contributed by atoms with Gasteiger partial charge in [-0.15, -0.1) is 17.7 Å². The van der Waals surface area contributed by atoms with Crippen LogP contribution in [0.3, 0.4) is 0 Å². The molecule has 63 heavy (non-hydrogen) atoms. The number of fused-ring (bicyclic) bond motifs is 7. The van der Waals surface area contributed by atoms with E-state index in [1.807, 2.05) is 72.9 Å². The van der Waals surface area contributed by atoms with Crippen molar-refractivity contribution in [3.05, 3.63) is 175 Å². The average Bonchev–Trinajstić information content (AvgIpc) is 3.98. The molecule has 5 aromatic heterocycles. The van der Waals surface area contributed by atoms with Crippen LogP contribution in [0.5, 0.6) is 0 Å². The van der Waals surface area contributed by atoms with Crippen LogP contribution in [0.15, 0.2) is 161 Å². The van der Waals surface area contributed by atoms with Crippen molar-refractivity contribution in [2.24, 2.45) is 0 Å². The molecule has 5 heterocycles. The van der Waals surface area contributed by atoms with E-state index in [0.29, 0.717) is 5.71 Å².